The number of rotatable bonds is 7. The first-order valence-electron chi connectivity index (χ1n) is 8.13. The zero-order valence-corrected chi connectivity index (χ0v) is 14.3. The zero-order chi connectivity index (χ0) is 18.2. The Labute approximate surface area is 146 Å². The van der Waals surface area contributed by atoms with E-state index >= 15 is 0 Å². The van der Waals surface area contributed by atoms with Crippen LogP contribution in [0.1, 0.15) is 30.6 Å². The molecule has 0 aromatic heterocycles. The number of amides is 1. The maximum absolute atomic E-state index is 12.3. The number of hydrogen-bond donors (Lipinski definition) is 2. The van der Waals surface area contributed by atoms with Gasteiger partial charge in [-0.25, -0.2) is 4.79 Å². The van der Waals surface area contributed by atoms with Crippen LogP contribution in [-0.4, -0.2) is 24.6 Å². The van der Waals surface area contributed by atoms with Crippen LogP contribution in [0.25, 0.3) is 0 Å². The Morgan fingerprint density at radius 2 is 1.84 bits per heavy atom. The third-order valence-electron chi connectivity index (χ3n) is 3.47. The van der Waals surface area contributed by atoms with Gasteiger partial charge in [0, 0.05) is 11.4 Å². The summed E-state index contributed by atoms with van der Waals surface area (Å²) in [6.07, 6.45) is -0.530. The van der Waals surface area contributed by atoms with E-state index in [0.717, 1.165) is 5.75 Å². The van der Waals surface area contributed by atoms with Gasteiger partial charge in [-0.05, 0) is 55.8 Å². The van der Waals surface area contributed by atoms with Gasteiger partial charge in [0.05, 0.1) is 12.2 Å². The molecule has 0 saturated heterocycles. The second-order valence-corrected chi connectivity index (χ2v) is 5.37. The van der Waals surface area contributed by atoms with Crippen molar-refractivity contribution >= 4 is 23.3 Å². The van der Waals surface area contributed by atoms with Crippen LogP contribution in [0, 0.1) is 0 Å². The Morgan fingerprint density at radius 1 is 1.12 bits per heavy atom. The Bertz CT molecular complexity index is 728. The van der Waals surface area contributed by atoms with E-state index in [2.05, 4.69) is 5.32 Å². The van der Waals surface area contributed by atoms with E-state index in [1.54, 1.807) is 49.4 Å². The van der Waals surface area contributed by atoms with Crippen molar-refractivity contribution in [1.29, 1.82) is 0 Å². The fraction of sp³-hybridized carbons (Fsp3) is 0.263. The van der Waals surface area contributed by atoms with Gasteiger partial charge in [0.2, 0.25) is 0 Å². The number of esters is 1. The average Bonchev–Trinajstić information content (AvgIpc) is 2.61. The number of carbonyl (C=O) groups is 2. The van der Waals surface area contributed by atoms with Gasteiger partial charge in [0.1, 0.15) is 5.75 Å². The van der Waals surface area contributed by atoms with Gasteiger partial charge < -0.3 is 20.5 Å². The molecule has 0 heterocycles. The molecule has 132 valence electrons. The minimum absolute atomic E-state index is 0.312. The number of anilines is 2. The third-order valence-corrected chi connectivity index (χ3v) is 3.47. The molecule has 0 radical (unpaired) electrons. The first-order valence-corrected chi connectivity index (χ1v) is 8.13. The molecular formula is C19H22N2O4. The summed E-state index contributed by atoms with van der Waals surface area (Å²) in [5.74, 6) is -0.245. The van der Waals surface area contributed by atoms with Crippen molar-refractivity contribution in [2.75, 3.05) is 17.7 Å². The van der Waals surface area contributed by atoms with Crippen molar-refractivity contribution in [3.8, 4) is 5.75 Å². The molecule has 0 fully saturated rings. The highest BCUT2D eigenvalue weighted by molar-refractivity contribution is 5.97. The molecule has 3 N–H and O–H groups in total. The second kappa shape index (κ2) is 8.73. The normalized spacial score (nSPS) is 11.4. The van der Waals surface area contributed by atoms with Gasteiger partial charge in [0.15, 0.2) is 6.10 Å². The van der Waals surface area contributed by atoms with E-state index in [1.165, 1.54) is 6.07 Å². The van der Waals surface area contributed by atoms with Crippen molar-refractivity contribution in [1.82, 2.24) is 0 Å². The highest BCUT2D eigenvalue weighted by atomic mass is 16.5. The maximum atomic E-state index is 12.3. The predicted octanol–water partition coefficient (Wildman–Crippen LogP) is 3.24. The van der Waals surface area contributed by atoms with Crippen LogP contribution in [-0.2, 0) is 9.53 Å². The van der Waals surface area contributed by atoms with Crippen molar-refractivity contribution < 1.29 is 19.1 Å². The fourth-order valence-corrected chi connectivity index (χ4v) is 2.21. The lowest BCUT2D eigenvalue weighted by molar-refractivity contribution is -0.124. The van der Waals surface area contributed by atoms with E-state index in [1.807, 2.05) is 6.92 Å². The van der Waals surface area contributed by atoms with Crippen molar-refractivity contribution in [3.63, 3.8) is 0 Å². The fourth-order valence-electron chi connectivity index (χ4n) is 2.21. The van der Waals surface area contributed by atoms with Gasteiger partial charge in [-0.1, -0.05) is 13.0 Å². The number of nitrogens with one attached hydrogen (secondary N) is 1. The molecule has 6 nitrogen and oxygen atoms in total. The van der Waals surface area contributed by atoms with E-state index in [9.17, 15) is 9.59 Å². The standard InChI is InChI=1S/C19H22N2O4/c1-3-17(25-19(23)13-6-5-7-14(20)12-13)18(22)21-15-8-10-16(11-9-15)24-4-2/h5-12,17H,3-4,20H2,1-2H3,(H,21,22). The van der Waals surface area contributed by atoms with Crippen LogP contribution >= 0.6 is 0 Å². The summed E-state index contributed by atoms with van der Waals surface area (Å²) in [4.78, 5) is 24.5. The van der Waals surface area contributed by atoms with Crippen LogP contribution in [0.4, 0.5) is 11.4 Å². The molecule has 2 rings (SSSR count). The van der Waals surface area contributed by atoms with Crippen LogP contribution in [0.2, 0.25) is 0 Å². The average molecular weight is 342 g/mol. The van der Waals surface area contributed by atoms with Gasteiger partial charge in [-0.2, -0.15) is 0 Å². The van der Waals surface area contributed by atoms with Gasteiger partial charge in [-0.3, -0.25) is 4.79 Å². The molecule has 0 aliphatic heterocycles. The molecule has 0 aliphatic carbocycles. The third kappa shape index (κ3) is 5.24. The number of carbonyl (C=O) groups excluding carboxylic acids is 2. The van der Waals surface area contributed by atoms with Crippen molar-refractivity contribution in [2.24, 2.45) is 0 Å². The topological polar surface area (TPSA) is 90.6 Å². The highest BCUT2D eigenvalue weighted by Gasteiger charge is 2.22. The largest absolute Gasteiger partial charge is 0.494 e. The Hall–Kier alpha value is -3.02. The van der Waals surface area contributed by atoms with Crippen LogP contribution in [0.3, 0.4) is 0 Å². The number of nitrogen functional groups attached to an aromatic ring is 1. The van der Waals surface area contributed by atoms with E-state index < -0.39 is 12.1 Å². The highest BCUT2D eigenvalue weighted by Crippen LogP contribution is 2.17. The summed E-state index contributed by atoms with van der Waals surface area (Å²) in [5, 5.41) is 2.73. The molecule has 0 bridgehead atoms. The van der Waals surface area contributed by atoms with Gasteiger partial charge in [-0.15, -0.1) is 0 Å². The van der Waals surface area contributed by atoms with Gasteiger partial charge in [0.25, 0.3) is 5.91 Å². The van der Waals surface area contributed by atoms with Crippen molar-refractivity contribution in [3.05, 3.63) is 54.1 Å². The Balaban J connectivity index is 1.99. The van der Waals surface area contributed by atoms with Crippen LogP contribution < -0.4 is 15.8 Å². The quantitative estimate of drug-likeness (QED) is 0.595. The molecule has 6 heteroatoms. The van der Waals surface area contributed by atoms with Crippen LogP contribution in [0.15, 0.2) is 48.5 Å². The minimum Gasteiger partial charge on any atom is -0.494 e. The molecule has 0 aliphatic rings. The number of ether oxygens (including phenoxy) is 2. The first kappa shape index (κ1) is 18.3. The van der Waals surface area contributed by atoms with Crippen molar-refractivity contribution in [2.45, 2.75) is 26.4 Å². The monoisotopic (exact) mass is 342 g/mol. The molecule has 25 heavy (non-hydrogen) atoms. The van der Waals surface area contributed by atoms with Gasteiger partial charge >= 0.3 is 5.97 Å². The summed E-state index contributed by atoms with van der Waals surface area (Å²) in [6, 6.07) is 13.4. The summed E-state index contributed by atoms with van der Waals surface area (Å²) >= 11 is 0. The second-order valence-electron chi connectivity index (χ2n) is 5.37. The number of benzene rings is 2. The zero-order valence-electron chi connectivity index (χ0n) is 14.3. The van der Waals surface area contributed by atoms with E-state index in [-0.39, 0.29) is 5.91 Å². The molecule has 1 atom stereocenters. The smallest absolute Gasteiger partial charge is 0.338 e. The lowest BCUT2D eigenvalue weighted by Gasteiger charge is -2.16. The number of hydrogen-bond acceptors (Lipinski definition) is 5. The molecule has 0 saturated carbocycles. The maximum Gasteiger partial charge on any atom is 0.338 e. The molecular weight excluding hydrogens is 320 g/mol. The molecule has 2 aromatic rings. The summed E-state index contributed by atoms with van der Waals surface area (Å²) in [7, 11) is 0. The summed E-state index contributed by atoms with van der Waals surface area (Å²) in [5.41, 5.74) is 7.03. The number of nitrogens with two attached hydrogens (primary N) is 1. The lowest BCUT2D eigenvalue weighted by atomic mass is 10.2. The minimum atomic E-state index is -0.888. The SMILES string of the molecule is CCOc1ccc(NC(=O)C(CC)OC(=O)c2cccc(N)c2)cc1. The molecule has 1 unspecified atom stereocenters. The predicted molar refractivity (Wildman–Crippen MR) is 96.6 cm³/mol. The van der Waals surface area contributed by atoms with Crippen LogP contribution in [0.5, 0.6) is 5.75 Å². The molecule has 0 spiro atoms. The Kier molecular flexibility index (Phi) is 6.39. The van der Waals surface area contributed by atoms with E-state index in [4.69, 9.17) is 15.2 Å². The summed E-state index contributed by atoms with van der Waals surface area (Å²) in [6.45, 7) is 4.24. The lowest BCUT2D eigenvalue weighted by Crippen LogP contribution is -2.32. The molecule has 1 amide bonds. The Morgan fingerprint density at radius 3 is 2.44 bits per heavy atom. The van der Waals surface area contributed by atoms with E-state index in [0.29, 0.717) is 30.0 Å². The molecule has 2 aromatic carbocycles. The first-order chi connectivity index (χ1) is 12.0. The summed E-state index contributed by atoms with van der Waals surface area (Å²) < 4.78 is 10.7.